The van der Waals surface area contributed by atoms with E-state index in [9.17, 15) is 9.59 Å². The van der Waals surface area contributed by atoms with Crippen molar-refractivity contribution >= 4 is 46.4 Å². The van der Waals surface area contributed by atoms with Gasteiger partial charge < -0.3 is 10.6 Å². The Bertz CT molecular complexity index is 794. The SMILES string of the molecule is O=C(CN1CCC[C@H](C(=O)Nc2ccccc2)C1)Nc1c(Cl)cccc1Cl. The molecule has 0 aliphatic carbocycles. The minimum absolute atomic E-state index is 0.0135. The number of benzene rings is 2. The predicted octanol–water partition coefficient (Wildman–Crippen LogP) is 4.28. The van der Waals surface area contributed by atoms with Gasteiger partial charge >= 0.3 is 0 Å². The molecule has 3 rings (SSSR count). The van der Waals surface area contributed by atoms with E-state index < -0.39 is 0 Å². The highest BCUT2D eigenvalue weighted by molar-refractivity contribution is 6.39. The first-order chi connectivity index (χ1) is 13.0. The molecule has 2 amide bonds. The number of amides is 2. The third-order valence-corrected chi connectivity index (χ3v) is 5.14. The van der Waals surface area contributed by atoms with Crippen molar-refractivity contribution in [1.29, 1.82) is 0 Å². The van der Waals surface area contributed by atoms with Gasteiger partial charge in [0, 0.05) is 12.2 Å². The van der Waals surface area contributed by atoms with Gasteiger partial charge in [0.05, 0.1) is 28.2 Å². The number of hydrogen-bond acceptors (Lipinski definition) is 3. The first-order valence-corrected chi connectivity index (χ1v) is 9.60. The Morgan fingerprint density at radius 3 is 2.41 bits per heavy atom. The van der Waals surface area contributed by atoms with Crippen molar-refractivity contribution in [2.45, 2.75) is 12.8 Å². The van der Waals surface area contributed by atoms with Crippen LogP contribution in [-0.4, -0.2) is 36.3 Å². The molecule has 0 bridgehead atoms. The molecule has 0 spiro atoms. The second kappa shape index (κ2) is 9.22. The molecule has 1 saturated heterocycles. The van der Waals surface area contributed by atoms with Crippen molar-refractivity contribution in [3.63, 3.8) is 0 Å². The van der Waals surface area contributed by atoms with Gasteiger partial charge in [-0.15, -0.1) is 0 Å². The maximum atomic E-state index is 12.5. The smallest absolute Gasteiger partial charge is 0.238 e. The topological polar surface area (TPSA) is 61.4 Å². The average Bonchev–Trinajstić information content (AvgIpc) is 2.66. The van der Waals surface area contributed by atoms with Gasteiger partial charge in [0.1, 0.15) is 0 Å². The van der Waals surface area contributed by atoms with Crippen LogP contribution >= 0.6 is 23.2 Å². The quantitative estimate of drug-likeness (QED) is 0.779. The molecule has 1 aliphatic heterocycles. The molecule has 0 aromatic heterocycles. The standard InChI is InChI=1S/C20H21Cl2N3O2/c21-16-9-4-10-17(22)19(16)24-18(26)13-25-11-5-6-14(12-25)20(27)23-15-7-2-1-3-8-15/h1-4,7-10,14H,5-6,11-13H2,(H,23,27)(H,24,26)/t14-/m0/s1. The summed E-state index contributed by atoms with van der Waals surface area (Å²) in [7, 11) is 0. The highest BCUT2D eigenvalue weighted by Crippen LogP contribution is 2.29. The summed E-state index contributed by atoms with van der Waals surface area (Å²) in [5.74, 6) is -0.356. The van der Waals surface area contributed by atoms with Crippen LogP contribution in [0.3, 0.4) is 0 Å². The van der Waals surface area contributed by atoms with Crippen LogP contribution in [0.15, 0.2) is 48.5 Å². The van der Waals surface area contributed by atoms with Crippen molar-refractivity contribution in [1.82, 2.24) is 4.90 Å². The van der Waals surface area contributed by atoms with Gasteiger partial charge in [-0.05, 0) is 43.7 Å². The summed E-state index contributed by atoms with van der Waals surface area (Å²) in [5.41, 5.74) is 1.20. The second-order valence-corrected chi connectivity index (χ2v) is 7.39. The number of para-hydroxylation sites is 2. The summed E-state index contributed by atoms with van der Waals surface area (Å²) in [6, 6.07) is 14.5. The fourth-order valence-corrected chi connectivity index (χ4v) is 3.67. The van der Waals surface area contributed by atoms with E-state index in [2.05, 4.69) is 10.6 Å². The van der Waals surface area contributed by atoms with Crippen molar-refractivity contribution in [3.8, 4) is 0 Å². The zero-order valence-electron chi connectivity index (χ0n) is 14.8. The number of carbonyl (C=O) groups is 2. The Balaban J connectivity index is 1.55. The first kappa shape index (κ1) is 19.7. The fraction of sp³-hybridized carbons (Fsp3) is 0.300. The number of halogens is 2. The Labute approximate surface area is 168 Å². The summed E-state index contributed by atoms with van der Waals surface area (Å²) in [4.78, 5) is 26.9. The average molecular weight is 406 g/mol. The lowest BCUT2D eigenvalue weighted by molar-refractivity contribution is -0.123. The number of likely N-dealkylation sites (tertiary alicyclic amines) is 1. The lowest BCUT2D eigenvalue weighted by Gasteiger charge is -2.31. The maximum absolute atomic E-state index is 12.5. The molecule has 7 heteroatoms. The summed E-state index contributed by atoms with van der Waals surface area (Å²) in [6.45, 7) is 1.51. The van der Waals surface area contributed by atoms with Crippen LogP contribution in [-0.2, 0) is 9.59 Å². The summed E-state index contributed by atoms with van der Waals surface area (Å²) in [6.07, 6.45) is 1.68. The fourth-order valence-electron chi connectivity index (χ4n) is 3.18. The molecule has 1 atom stereocenters. The number of carbonyl (C=O) groups excluding carboxylic acids is 2. The largest absolute Gasteiger partial charge is 0.326 e. The summed E-state index contributed by atoms with van der Waals surface area (Å²) < 4.78 is 0. The highest BCUT2D eigenvalue weighted by Gasteiger charge is 2.27. The number of nitrogens with zero attached hydrogens (tertiary/aromatic N) is 1. The molecule has 0 radical (unpaired) electrons. The third kappa shape index (κ3) is 5.45. The molecule has 0 unspecified atom stereocenters. The van der Waals surface area contributed by atoms with Gasteiger partial charge in [-0.2, -0.15) is 0 Å². The van der Waals surface area contributed by atoms with Crippen LogP contribution in [0, 0.1) is 5.92 Å². The molecule has 2 aromatic carbocycles. The molecule has 2 aromatic rings. The Hall–Kier alpha value is -2.08. The molecular formula is C20H21Cl2N3O2. The van der Waals surface area contributed by atoms with E-state index in [1.165, 1.54) is 0 Å². The van der Waals surface area contributed by atoms with E-state index in [0.717, 1.165) is 25.1 Å². The highest BCUT2D eigenvalue weighted by atomic mass is 35.5. The maximum Gasteiger partial charge on any atom is 0.238 e. The molecule has 1 heterocycles. The van der Waals surface area contributed by atoms with E-state index in [1.54, 1.807) is 18.2 Å². The molecule has 1 aliphatic rings. The molecule has 1 fully saturated rings. The number of nitrogens with one attached hydrogen (secondary N) is 2. The monoisotopic (exact) mass is 405 g/mol. The van der Waals surface area contributed by atoms with Gasteiger partial charge in [0.2, 0.25) is 11.8 Å². The van der Waals surface area contributed by atoms with Crippen molar-refractivity contribution in [2.75, 3.05) is 30.3 Å². The minimum atomic E-state index is -0.200. The number of hydrogen-bond donors (Lipinski definition) is 2. The lowest BCUT2D eigenvalue weighted by atomic mass is 9.97. The predicted molar refractivity (Wildman–Crippen MR) is 109 cm³/mol. The normalized spacial score (nSPS) is 17.3. The minimum Gasteiger partial charge on any atom is -0.326 e. The summed E-state index contributed by atoms with van der Waals surface area (Å²) in [5, 5.41) is 6.50. The van der Waals surface area contributed by atoms with E-state index >= 15 is 0 Å². The summed E-state index contributed by atoms with van der Waals surface area (Å²) >= 11 is 12.2. The zero-order valence-corrected chi connectivity index (χ0v) is 16.3. The molecular weight excluding hydrogens is 385 g/mol. The van der Waals surface area contributed by atoms with Crippen LogP contribution in [0.25, 0.3) is 0 Å². The van der Waals surface area contributed by atoms with Crippen LogP contribution in [0.1, 0.15) is 12.8 Å². The van der Waals surface area contributed by atoms with Crippen LogP contribution in [0.2, 0.25) is 10.0 Å². The van der Waals surface area contributed by atoms with Crippen molar-refractivity contribution < 1.29 is 9.59 Å². The molecule has 5 nitrogen and oxygen atoms in total. The molecule has 0 saturated carbocycles. The third-order valence-electron chi connectivity index (χ3n) is 4.51. The molecule has 27 heavy (non-hydrogen) atoms. The van der Waals surface area contributed by atoms with E-state index in [4.69, 9.17) is 23.2 Å². The molecule has 142 valence electrons. The second-order valence-electron chi connectivity index (χ2n) is 6.57. The van der Waals surface area contributed by atoms with Crippen molar-refractivity contribution in [3.05, 3.63) is 58.6 Å². The van der Waals surface area contributed by atoms with Gasteiger partial charge in [0.25, 0.3) is 0 Å². The van der Waals surface area contributed by atoms with Crippen LogP contribution in [0.4, 0.5) is 11.4 Å². The van der Waals surface area contributed by atoms with Crippen LogP contribution < -0.4 is 10.6 Å². The number of piperidine rings is 1. The zero-order chi connectivity index (χ0) is 19.2. The first-order valence-electron chi connectivity index (χ1n) is 8.85. The van der Waals surface area contributed by atoms with Gasteiger partial charge in [0.15, 0.2) is 0 Å². The van der Waals surface area contributed by atoms with E-state index in [0.29, 0.717) is 22.3 Å². The van der Waals surface area contributed by atoms with Gasteiger partial charge in [-0.3, -0.25) is 14.5 Å². The van der Waals surface area contributed by atoms with Crippen molar-refractivity contribution in [2.24, 2.45) is 5.92 Å². The molecule has 2 N–H and O–H groups in total. The van der Waals surface area contributed by atoms with Crippen LogP contribution in [0.5, 0.6) is 0 Å². The Morgan fingerprint density at radius 2 is 1.70 bits per heavy atom. The van der Waals surface area contributed by atoms with Gasteiger partial charge in [-0.25, -0.2) is 0 Å². The Morgan fingerprint density at radius 1 is 1.00 bits per heavy atom. The van der Waals surface area contributed by atoms with E-state index in [-0.39, 0.29) is 24.3 Å². The number of rotatable bonds is 5. The van der Waals surface area contributed by atoms with E-state index in [1.807, 2.05) is 35.2 Å². The van der Waals surface area contributed by atoms with Gasteiger partial charge in [-0.1, -0.05) is 47.5 Å². The number of anilines is 2. The lowest BCUT2D eigenvalue weighted by Crippen LogP contribution is -2.44. The Kier molecular flexibility index (Phi) is 6.72.